The van der Waals surface area contributed by atoms with Gasteiger partial charge >= 0.3 is 10.2 Å². The lowest BCUT2D eigenvalue weighted by atomic mass is 10.1. The molecule has 36 heavy (non-hydrogen) atoms. The maximum atomic E-state index is 13.7. The second-order valence-electron chi connectivity index (χ2n) is 8.98. The molecule has 0 aliphatic carbocycles. The van der Waals surface area contributed by atoms with E-state index in [0.717, 1.165) is 20.7 Å². The molecular weight excluding hydrogens is 490 g/mol. The minimum atomic E-state index is -4.14. The number of hydrogen-bond donors (Lipinski definition) is 1. The van der Waals surface area contributed by atoms with E-state index in [4.69, 9.17) is 0 Å². The number of halogens is 2. The zero-order chi connectivity index (χ0) is 27.0. The van der Waals surface area contributed by atoms with Crippen LogP contribution in [0.1, 0.15) is 32.8 Å². The summed E-state index contributed by atoms with van der Waals surface area (Å²) in [5, 5.41) is 2.83. The molecule has 0 radical (unpaired) electrons. The van der Waals surface area contributed by atoms with E-state index in [9.17, 15) is 26.8 Å². The van der Waals surface area contributed by atoms with Crippen LogP contribution in [0, 0.1) is 17.6 Å². The molecule has 1 N–H and O–H groups in total. The number of anilines is 1. The Kier molecular flexibility index (Phi) is 10.4. The van der Waals surface area contributed by atoms with Crippen LogP contribution >= 0.6 is 0 Å². The Morgan fingerprint density at radius 2 is 1.47 bits per heavy atom. The summed E-state index contributed by atoms with van der Waals surface area (Å²) in [5.74, 6) is -1.83. The van der Waals surface area contributed by atoms with Gasteiger partial charge in [-0.2, -0.15) is 12.7 Å². The molecule has 0 spiro atoms. The molecule has 0 aliphatic heterocycles. The van der Waals surface area contributed by atoms with Crippen molar-refractivity contribution in [3.8, 4) is 0 Å². The van der Waals surface area contributed by atoms with E-state index in [1.807, 2.05) is 13.8 Å². The smallest absolute Gasteiger partial charge is 0.304 e. The first-order chi connectivity index (χ1) is 16.9. The maximum absolute atomic E-state index is 13.7. The summed E-state index contributed by atoms with van der Waals surface area (Å²) in [7, 11) is -1.50. The third-order valence-corrected chi connectivity index (χ3v) is 7.29. The van der Waals surface area contributed by atoms with Crippen molar-refractivity contribution in [2.75, 3.05) is 31.5 Å². The topological polar surface area (TPSA) is 90.0 Å². The third kappa shape index (κ3) is 7.72. The fourth-order valence-electron chi connectivity index (χ4n) is 3.45. The van der Waals surface area contributed by atoms with Crippen LogP contribution in [0.2, 0.25) is 0 Å². The summed E-state index contributed by atoms with van der Waals surface area (Å²) < 4.78 is 55.0. The molecule has 2 rings (SSSR count). The van der Waals surface area contributed by atoms with Crippen LogP contribution in [-0.2, 0) is 26.3 Å². The number of rotatable bonds is 12. The summed E-state index contributed by atoms with van der Waals surface area (Å²) in [4.78, 5) is 28.0. The summed E-state index contributed by atoms with van der Waals surface area (Å²) in [6.07, 6.45) is 0.272. The zero-order valence-corrected chi connectivity index (χ0v) is 22.1. The molecule has 0 fully saturated rings. The van der Waals surface area contributed by atoms with Crippen LogP contribution in [0.15, 0.2) is 48.5 Å². The normalized spacial score (nSPS) is 12.5. The standard InChI is InChI=1S/C25H34F2N4O4S/c1-6-23(25(33)28-15-18(2)3)30(16-19-7-9-20(26)10-8-19)24(32)17-31(36(34,35)29(4)5)22-13-11-21(27)12-14-22/h7-14,18,23H,6,15-17H2,1-5H3,(H,28,33)/t23-/m1/s1. The number of nitrogens with one attached hydrogen (secondary N) is 1. The number of hydrogen-bond acceptors (Lipinski definition) is 4. The van der Waals surface area contributed by atoms with Crippen LogP contribution in [0.3, 0.4) is 0 Å². The molecule has 0 aromatic heterocycles. The lowest BCUT2D eigenvalue weighted by Gasteiger charge is -2.34. The average Bonchev–Trinajstić information content (AvgIpc) is 2.82. The average molecular weight is 525 g/mol. The summed E-state index contributed by atoms with van der Waals surface area (Å²) in [5.41, 5.74) is 0.668. The van der Waals surface area contributed by atoms with E-state index in [2.05, 4.69) is 5.32 Å². The Morgan fingerprint density at radius 3 is 1.94 bits per heavy atom. The number of benzene rings is 2. The molecule has 8 nitrogen and oxygen atoms in total. The molecule has 1 atom stereocenters. The van der Waals surface area contributed by atoms with Gasteiger partial charge in [-0.1, -0.05) is 32.9 Å². The third-order valence-electron chi connectivity index (χ3n) is 5.47. The molecule has 198 valence electrons. The summed E-state index contributed by atoms with van der Waals surface area (Å²) >= 11 is 0. The highest BCUT2D eigenvalue weighted by molar-refractivity contribution is 7.90. The van der Waals surface area contributed by atoms with E-state index in [0.29, 0.717) is 12.1 Å². The first-order valence-corrected chi connectivity index (χ1v) is 13.0. The Morgan fingerprint density at radius 1 is 0.944 bits per heavy atom. The number of carbonyl (C=O) groups excluding carboxylic acids is 2. The minimum Gasteiger partial charge on any atom is -0.354 e. The van der Waals surface area contributed by atoms with Gasteiger partial charge < -0.3 is 10.2 Å². The first kappa shape index (κ1) is 29.2. The Hall–Kier alpha value is -3.05. The van der Waals surface area contributed by atoms with Crippen molar-refractivity contribution in [3.05, 3.63) is 65.7 Å². The molecule has 0 heterocycles. The van der Waals surface area contributed by atoms with Crippen molar-refractivity contribution in [2.24, 2.45) is 5.92 Å². The number of amides is 2. The van der Waals surface area contributed by atoms with Crippen molar-refractivity contribution in [3.63, 3.8) is 0 Å². The van der Waals surface area contributed by atoms with Gasteiger partial charge in [0.05, 0.1) is 5.69 Å². The predicted molar refractivity (Wildman–Crippen MR) is 135 cm³/mol. The largest absolute Gasteiger partial charge is 0.354 e. The van der Waals surface area contributed by atoms with Crippen molar-refractivity contribution in [1.29, 1.82) is 0 Å². The lowest BCUT2D eigenvalue weighted by molar-refractivity contribution is -0.140. The van der Waals surface area contributed by atoms with Crippen LogP contribution in [0.4, 0.5) is 14.5 Å². The SMILES string of the molecule is CC[C@H](C(=O)NCC(C)C)N(Cc1ccc(F)cc1)C(=O)CN(c1ccc(F)cc1)S(=O)(=O)N(C)C. The fourth-order valence-corrected chi connectivity index (χ4v) is 4.51. The Balaban J connectivity index is 2.46. The minimum absolute atomic E-state index is 0.0357. The lowest BCUT2D eigenvalue weighted by Crippen LogP contribution is -2.53. The van der Waals surface area contributed by atoms with Gasteiger partial charge in [-0.05, 0) is 54.3 Å². The van der Waals surface area contributed by atoms with Gasteiger partial charge in [-0.3, -0.25) is 9.59 Å². The predicted octanol–water partition coefficient (Wildman–Crippen LogP) is 3.16. The van der Waals surface area contributed by atoms with Gasteiger partial charge in [-0.25, -0.2) is 13.1 Å². The number of carbonyl (C=O) groups is 2. The molecule has 2 aromatic rings. The van der Waals surface area contributed by atoms with Gasteiger partial charge in [0.15, 0.2) is 0 Å². The van der Waals surface area contributed by atoms with Crippen molar-refractivity contribution in [2.45, 2.75) is 39.8 Å². The van der Waals surface area contributed by atoms with E-state index in [1.165, 1.54) is 55.4 Å². The zero-order valence-electron chi connectivity index (χ0n) is 21.2. The van der Waals surface area contributed by atoms with Gasteiger partial charge in [0.2, 0.25) is 11.8 Å². The number of nitrogens with zero attached hydrogens (tertiary/aromatic N) is 3. The van der Waals surface area contributed by atoms with Gasteiger partial charge in [0, 0.05) is 27.2 Å². The quantitative estimate of drug-likeness (QED) is 0.462. The Labute approximate surface area is 212 Å². The molecule has 0 unspecified atom stereocenters. The molecule has 11 heteroatoms. The van der Waals surface area contributed by atoms with Crippen molar-refractivity contribution in [1.82, 2.24) is 14.5 Å². The van der Waals surface area contributed by atoms with Gasteiger partial charge in [0.25, 0.3) is 0 Å². The Bertz CT molecular complexity index is 1120. The van der Waals surface area contributed by atoms with Gasteiger partial charge in [-0.15, -0.1) is 0 Å². The molecule has 0 bridgehead atoms. The highest BCUT2D eigenvalue weighted by Gasteiger charge is 2.33. The summed E-state index contributed by atoms with van der Waals surface area (Å²) in [6.45, 7) is 5.38. The molecule has 2 aromatic carbocycles. The van der Waals surface area contributed by atoms with Gasteiger partial charge in [0.1, 0.15) is 24.2 Å². The monoisotopic (exact) mass is 524 g/mol. The van der Waals surface area contributed by atoms with Crippen LogP contribution < -0.4 is 9.62 Å². The highest BCUT2D eigenvalue weighted by Crippen LogP contribution is 2.22. The van der Waals surface area contributed by atoms with Crippen molar-refractivity contribution >= 4 is 27.7 Å². The molecule has 0 saturated heterocycles. The van der Waals surface area contributed by atoms with Crippen LogP contribution in [0.5, 0.6) is 0 Å². The van der Waals surface area contributed by atoms with Crippen LogP contribution in [0.25, 0.3) is 0 Å². The first-order valence-electron chi connectivity index (χ1n) is 11.6. The van der Waals surface area contributed by atoms with Crippen LogP contribution in [-0.4, -0.2) is 62.7 Å². The van der Waals surface area contributed by atoms with E-state index >= 15 is 0 Å². The molecular formula is C25H34F2N4O4S. The second-order valence-corrected chi connectivity index (χ2v) is 11.1. The second kappa shape index (κ2) is 12.8. The molecule has 2 amide bonds. The fraction of sp³-hybridized carbons (Fsp3) is 0.440. The summed E-state index contributed by atoms with van der Waals surface area (Å²) in [6, 6.07) is 9.34. The van der Waals surface area contributed by atoms with Crippen molar-refractivity contribution < 1.29 is 26.8 Å². The maximum Gasteiger partial charge on any atom is 0.304 e. The van der Waals surface area contributed by atoms with E-state index in [1.54, 1.807) is 6.92 Å². The highest BCUT2D eigenvalue weighted by atomic mass is 32.2. The molecule has 0 saturated carbocycles. The van der Waals surface area contributed by atoms with E-state index in [-0.39, 0.29) is 30.5 Å². The van der Waals surface area contributed by atoms with E-state index < -0.39 is 40.3 Å². The molecule has 0 aliphatic rings.